The average Bonchev–Trinajstić information content (AvgIpc) is 2.36. The van der Waals surface area contributed by atoms with Crippen molar-refractivity contribution in [2.24, 2.45) is 0 Å². The fraction of sp³-hybridized carbons (Fsp3) is 0.562. The minimum atomic E-state index is 0.168. The molecule has 0 aromatic heterocycles. The van der Waals surface area contributed by atoms with Crippen LogP contribution in [0.15, 0.2) is 0 Å². The number of rotatable bonds is 3. The number of hydrogen-bond donors (Lipinski definition) is 0. The molecule has 0 unspecified atom stereocenters. The van der Waals surface area contributed by atoms with E-state index in [2.05, 4.69) is 34.6 Å². The van der Waals surface area contributed by atoms with Gasteiger partial charge in [0.1, 0.15) is 0 Å². The van der Waals surface area contributed by atoms with Gasteiger partial charge in [-0.05, 0) is 76.3 Å². The first kappa shape index (κ1) is 14.7. The maximum absolute atomic E-state index is 12.6. The topological polar surface area (TPSA) is 20.3 Å². The summed E-state index contributed by atoms with van der Waals surface area (Å²) in [7, 11) is 0. The lowest BCUT2D eigenvalue weighted by molar-refractivity contribution is 0.0771. The summed E-state index contributed by atoms with van der Waals surface area (Å²) in [6.07, 6.45) is 0. The van der Waals surface area contributed by atoms with Gasteiger partial charge < -0.3 is 4.90 Å². The second kappa shape index (κ2) is 5.55. The van der Waals surface area contributed by atoms with E-state index in [1.54, 1.807) is 0 Å². The van der Waals surface area contributed by atoms with Crippen LogP contribution in [-0.4, -0.2) is 23.9 Å². The van der Waals surface area contributed by atoms with Gasteiger partial charge in [-0.2, -0.15) is 0 Å². The Morgan fingerprint density at radius 1 is 0.778 bits per heavy atom. The first-order chi connectivity index (χ1) is 8.36. The van der Waals surface area contributed by atoms with E-state index in [9.17, 15) is 4.79 Å². The predicted molar refractivity (Wildman–Crippen MR) is 77.4 cm³/mol. The zero-order valence-corrected chi connectivity index (χ0v) is 12.8. The van der Waals surface area contributed by atoms with Gasteiger partial charge in [0, 0.05) is 18.7 Å². The van der Waals surface area contributed by atoms with Crippen LogP contribution < -0.4 is 0 Å². The molecule has 0 aliphatic rings. The summed E-state index contributed by atoms with van der Waals surface area (Å²) in [6.45, 7) is 16.1. The lowest BCUT2D eigenvalue weighted by Gasteiger charge is -2.24. The van der Waals surface area contributed by atoms with Crippen LogP contribution in [0.2, 0.25) is 0 Å². The van der Waals surface area contributed by atoms with Gasteiger partial charge in [0.25, 0.3) is 5.91 Å². The van der Waals surface area contributed by atoms with E-state index in [-0.39, 0.29) is 5.91 Å². The van der Waals surface area contributed by atoms with Gasteiger partial charge in [-0.25, -0.2) is 0 Å². The number of hydrogen-bond acceptors (Lipinski definition) is 1. The van der Waals surface area contributed by atoms with Gasteiger partial charge in [-0.3, -0.25) is 4.79 Å². The van der Waals surface area contributed by atoms with Crippen molar-refractivity contribution in [3.63, 3.8) is 0 Å². The highest BCUT2D eigenvalue weighted by atomic mass is 16.2. The van der Waals surface area contributed by atoms with Crippen LogP contribution in [0.1, 0.15) is 52.0 Å². The number of carbonyl (C=O) groups is 1. The molecule has 0 N–H and O–H groups in total. The monoisotopic (exact) mass is 247 g/mol. The van der Waals surface area contributed by atoms with Crippen LogP contribution in [0.3, 0.4) is 0 Å². The highest BCUT2D eigenvalue weighted by Crippen LogP contribution is 2.27. The van der Waals surface area contributed by atoms with Crippen LogP contribution in [-0.2, 0) is 0 Å². The summed E-state index contributed by atoms with van der Waals surface area (Å²) in [4.78, 5) is 14.5. The summed E-state index contributed by atoms with van der Waals surface area (Å²) < 4.78 is 0. The molecule has 0 heterocycles. The van der Waals surface area contributed by atoms with E-state index in [0.29, 0.717) is 0 Å². The first-order valence-corrected chi connectivity index (χ1v) is 6.72. The standard InChI is InChI=1S/C16H25NO/c1-8-17(9-2)16(18)15-13(6)11(4)10(3)12(5)14(15)7/h8-9H2,1-7H3. The Balaban J connectivity index is 3.46. The first-order valence-electron chi connectivity index (χ1n) is 6.72. The van der Waals surface area contributed by atoms with Gasteiger partial charge >= 0.3 is 0 Å². The molecule has 2 nitrogen and oxygen atoms in total. The summed E-state index contributed by atoms with van der Waals surface area (Å²) in [5.41, 5.74) is 6.96. The Bertz CT molecular complexity index is 441. The normalized spacial score (nSPS) is 10.6. The maximum atomic E-state index is 12.6. The fourth-order valence-corrected chi connectivity index (χ4v) is 2.49. The van der Waals surface area contributed by atoms with Crippen LogP contribution in [0.5, 0.6) is 0 Å². The molecule has 0 saturated heterocycles. The van der Waals surface area contributed by atoms with E-state index < -0.39 is 0 Å². The largest absolute Gasteiger partial charge is 0.339 e. The maximum Gasteiger partial charge on any atom is 0.254 e. The van der Waals surface area contributed by atoms with Gasteiger partial charge in [0.15, 0.2) is 0 Å². The molecule has 1 aromatic carbocycles. The molecule has 1 aromatic rings. The average molecular weight is 247 g/mol. The summed E-state index contributed by atoms with van der Waals surface area (Å²) in [5, 5.41) is 0. The third kappa shape index (κ3) is 2.29. The molecule has 0 atom stereocenters. The molecule has 1 rings (SSSR count). The summed E-state index contributed by atoms with van der Waals surface area (Å²) in [6, 6.07) is 0. The zero-order valence-electron chi connectivity index (χ0n) is 12.8. The molecule has 0 saturated carbocycles. The molecule has 100 valence electrons. The smallest absolute Gasteiger partial charge is 0.254 e. The van der Waals surface area contributed by atoms with Crippen molar-refractivity contribution in [2.45, 2.75) is 48.5 Å². The number of carbonyl (C=O) groups excluding carboxylic acids is 1. The Labute approximate surface area is 111 Å². The molecule has 0 aliphatic heterocycles. The molecule has 0 radical (unpaired) electrons. The van der Waals surface area contributed by atoms with E-state index in [1.165, 1.54) is 16.7 Å². The van der Waals surface area contributed by atoms with Gasteiger partial charge in [0.05, 0.1) is 0 Å². The predicted octanol–water partition coefficient (Wildman–Crippen LogP) is 3.71. The fourth-order valence-electron chi connectivity index (χ4n) is 2.49. The van der Waals surface area contributed by atoms with Gasteiger partial charge in [-0.15, -0.1) is 0 Å². The van der Waals surface area contributed by atoms with Gasteiger partial charge in [0.2, 0.25) is 0 Å². The minimum Gasteiger partial charge on any atom is -0.339 e. The van der Waals surface area contributed by atoms with E-state index in [0.717, 1.165) is 29.8 Å². The SMILES string of the molecule is CCN(CC)C(=O)c1c(C)c(C)c(C)c(C)c1C. The lowest BCUT2D eigenvalue weighted by Crippen LogP contribution is -2.32. The Morgan fingerprint density at radius 2 is 1.11 bits per heavy atom. The molecule has 18 heavy (non-hydrogen) atoms. The van der Waals surface area contributed by atoms with Crippen molar-refractivity contribution in [3.8, 4) is 0 Å². The summed E-state index contributed by atoms with van der Waals surface area (Å²) >= 11 is 0. The van der Waals surface area contributed by atoms with E-state index >= 15 is 0 Å². The molecule has 0 fully saturated rings. The van der Waals surface area contributed by atoms with Crippen molar-refractivity contribution in [1.29, 1.82) is 0 Å². The van der Waals surface area contributed by atoms with E-state index in [1.807, 2.05) is 18.7 Å². The van der Waals surface area contributed by atoms with Crippen molar-refractivity contribution in [2.75, 3.05) is 13.1 Å². The Kier molecular flexibility index (Phi) is 4.55. The second-order valence-corrected chi connectivity index (χ2v) is 4.98. The lowest BCUT2D eigenvalue weighted by atomic mass is 9.89. The molecule has 1 amide bonds. The molecule has 0 aliphatic carbocycles. The summed E-state index contributed by atoms with van der Waals surface area (Å²) in [5.74, 6) is 0.168. The quantitative estimate of drug-likeness (QED) is 0.797. The molecular weight excluding hydrogens is 222 g/mol. The third-order valence-electron chi connectivity index (χ3n) is 4.26. The highest BCUT2D eigenvalue weighted by molar-refractivity contribution is 5.98. The van der Waals surface area contributed by atoms with Crippen molar-refractivity contribution in [3.05, 3.63) is 33.4 Å². The minimum absolute atomic E-state index is 0.168. The zero-order chi connectivity index (χ0) is 14.0. The van der Waals surface area contributed by atoms with Crippen molar-refractivity contribution < 1.29 is 4.79 Å². The second-order valence-electron chi connectivity index (χ2n) is 4.98. The molecular formula is C16H25NO. The van der Waals surface area contributed by atoms with Crippen LogP contribution in [0.25, 0.3) is 0 Å². The van der Waals surface area contributed by atoms with Crippen LogP contribution >= 0.6 is 0 Å². The Morgan fingerprint density at radius 3 is 1.44 bits per heavy atom. The van der Waals surface area contributed by atoms with Crippen LogP contribution in [0.4, 0.5) is 0 Å². The van der Waals surface area contributed by atoms with Crippen molar-refractivity contribution in [1.82, 2.24) is 4.90 Å². The molecule has 2 heteroatoms. The third-order valence-corrected chi connectivity index (χ3v) is 4.26. The number of benzene rings is 1. The number of amides is 1. The number of nitrogens with zero attached hydrogens (tertiary/aromatic N) is 1. The van der Waals surface area contributed by atoms with E-state index in [4.69, 9.17) is 0 Å². The Hall–Kier alpha value is -1.31. The molecule has 0 spiro atoms. The van der Waals surface area contributed by atoms with Gasteiger partial charge in [-0.1, -0.05) is 0 Å². The van der Waals surface area contributed by atoms with Crippen LogP contribution in [0, 0.1) is 34.6 Å². The van der Waals surface area contributed by atoms with Crippen molar-refractivity contribution >= 4 is 5.91 Å². The highest BCUT2D eigenvalue weighted by Gasteiger charge is 2.21. The molecule has 0 bridgehead atoms.